The molecule has 0 spiro atoms. The highest BCUT2D eigenvalue weighted by molar-refractivity contribution is 7.89. The molecule has 3 N–H and O–H groups in total. The van der Waals surface area contributed by atoms with Gasteiger partial charge in [-0.1, -0.05) is 12.5 Å². The van der Waals surface area contributed by atoms with Crippen LogP contribution in [0.15, 0.2) is 47.4 Å². The third-order valence-corrected chi connectivity index (χ3v) is 7.54. The van der Waals surface area contributed by atoms with Crippen molar-refractivity contribution in [3.63, 3.8) is 0 Å². The molecule has 2 aromatic carbocycles. The van der Waals surface area contributed by atoms with Crippen LogP contribution in [0.2, 0.25) is 0 Å². The van der Waals surface area contributed by atoms with Gasteiger partial charge in [0.15, 0.2) is 0 Å². The molecule has 2 amide bonds. The van der Waals surface area contributed by atoms with Crippen molar-refractivity contribution in [2.75, 3.05) is 18.5 Å². The predicted molar refractivity (Wildman–Crippen MR) is 122 cm³/mol. The van der Waals surface area contributed by atoms with Crippen molar-refractivity contribution in [3.8, 4) is 5.75 Å². The Morgan fingerprint density at radius 3 is 2.53 bits per heavy atom. The van der Waals surface area contributed by atoms with Crippen molar-refractivity contribution in [2.45, 2.75) is 50.5 Å². The second-order valence-electron chi connectivity index (χ2n) is 7.98. The van der Waals surface area contributed by atoms with Crippen LogP contribution in [0, 0.1) is 6.92 Å². The maximum Gasteiger partial charge on any atom is 0.255 e. The average molecular weight is 460 g/mol. The summed E-state index contributed by atoms with van der Waals surface area (Å²) >= 11 is 0. The Morgan fingerprint density at radius 2 is 1.88 bits per heavy atom. The number of piperidine rings is 1. The van der Waals surface area contributed by atoms with Gasteiger partial charge in [-0.3, -0.25) is 9.59 Å². The van der Waals surface area contributed by atoms with Crippen molar-refractivity contribution in [3.05, 3.63) is 53.6 Å². The van der Waals surface area contributed by atoms with Crippen molar-refractivity contribution < 1.29 is 22.7 Å². The van der Waals surface area contributed by atoms with E-state index < -0.39 is 21.8 Å². The molecule has 0 saturated carbocycles. The molecule has 1 aliphatic heterocycles. The molecule has 9 heteroatoms. The first-order valence-corrected chi connectivity index (χ1v) is 12.1. The lowest BCUT2D eigenvalue weighted by atomic mass is 10.1. The molecule has 32 heavy (non-hydrogen) atoms. The number of carbonyl (C=O) groups excluding carboxylic acids is 2. The Hall–Kier alpha value is -2.91. The lowest BCUT2D eigenvalue weighted by molar-refractivity contribution is -0.118. The van der Waals surface area contributed by atoms with Crippen LogP contribution in [0.1, 0.15) is 48.5 Å². The van der Waals surface area contributed by atoms with Crippen molar-refractivity contribution in [2.24, 2.45) is 5.73 Å². The molecule has 0 bridgehead atoms. The molecule has 1 aliphatic rings. The maximum atomic E-state index is 13.2. The molecule has 0 radical (unpaired) electrons. The number of ether oxygens (including phenoxy) is 1. The van der Waals surface area contributed by atoms with E-state index >= 15 is 0 Å². The summed E-state index contributed by atoms with van der Waals surface area (Å²) < 4.78 is 33.3. The first kappa shape index (κ1) is 23.7. The van der Waals surface area contributed by atoms with Crippen molar-refractivity contribution in [1.82, 2.24) is 4.31 Å². The number of rotatable bonds is 8. The first-order chi connectivity index (χ1) is 15.2. The highest BCUT2D eigenvalue weighted by Crippen LogP contribution is 2.27. The minimum Gasteiger partial charge on any atom is -0.493 e. The van der Waals surface area contributed by atoms with Gasteiger partial charge in [-0.2, -0.15) is 4.31 Å². The molecule has 2 aromatic rings. The molecular weight excluding hydrogens is 430 g/mol. The van der Waals surface area contributed by atoms with E-state index in [9.17, 15) is 18.0 Å². The standard InChI is InChI=1S/C23H29N3O5S/c1-16-6-11-20(32(29,30)26-13-4-3-5-17(26)2)15-21(16)23(28)25-18-7-9-19(10-8-18)31-14-12-22(24)27/h6-11,15,17H,3-5,12-14H2,1-2H3,(H2,24,27)(H,25,28). The van der Waals surface area contributed by atoms with Gasteiger partial charge in [0.2, 0.25) is 15.9 Å². The molecular formula is C23H29N3O5S. The Morgan fingerprint density at radius 1 is 1.16 bits per heavy atom. The number of primary amides is 1. The Labute approximate surface area is 188 Å². The van der Waals surface area contributed by atoms with Crippen LogP contribution in [0.4, 0.5) is 5.69 Å². The van der Waals surface area contributed by atoms with Crippen molar-refractivity contribution >= 4 is 27.5 Å². The van der Waals surface area contributed by atoms with Crippen LogP contribution >= 0.6 is 0 Å². The smallest absolute Gasteiger partial charge is 0.255 e. The molecule has 172 valence electrons. The van der Waals surface area contributed by atoms with Crippen LogP contribution in [0.3, 0.4) is 0 Å². The van der Waals surface area contributed by atoms with Gasteiger partial charge in [0, 0.05) is 23.8 Å². The third-order valence-electron chi connectivity index (χ3n) is 5.53. The van der Waals surface area contributed by atoms with Gasteiger partial charge in [0.1, 0.15) is 5.75 Å². The lowest BCUT2D eigenvalue weighted by Crippen LogP contribution is -2.42. The highest BCUT2D eigenvalue weighted by Gasteiger charge is 2.31. The van der Waals surface area contributed by atoms with Crippen LogP contribution in [0.25, 0.3) is 0 Å². The summed E-state index contributed by atoms with van der Waals surface area (Å²) in [6.07, 6.45) is 2.81. The fourth-order valence-corrected chi connectivity index (χ4v) is 5.40. The number of hydrogen-bond acceptors (Lipinski definition) is 5. The van der Waals surface area contributed by atoms with E-state index in [0.29, 0.717) is 29.1 Å². The van der Waals surface area contributed by atoms with Gasteiger partial charge in [-0.15, -0.1) is 0 Å². The summed E-state index contributed by atoms with van der Waals surface area (Å²) in [5.74, 6) is -0.291. The summed E-state index contributed by atoms with van der Waals surface area (Å²) in [4.78, 5) is 23.8. The maximum absolute atomic E-state index is 13.2. The summed E-state index contributed by atoms with van der Waals surface area (Å²) in [7, 11) is -3.67. The van der Waals surface area contributed by atoms with E-state index in [1.165, 1.54) is 10.4 Å². The largest absolute Gasteiger partial charge is 0.493 e. The molecule has 8 nitrogen and oxygen atoms in total. The van der Waals surface area contributed by atoms with Crippen LogP contribution < -0.4 is 15.8 Å². The zero-order valence-electron chi connectivity index (χ0n) is 18.3. The van der Waals surface area contributed by atoms with Gasteiger partial charge in [0.25, 0.3) is 5.91 Å². The second-order valence-corrected chi connectivity index (χ2v) is 9.87. The summed E-state index contributed by atoms with van der Waals surface area (Å²) in [6, 6.07) is 11.3. The van der Waals surface area contributed by atoms with E-state index in [-0.39, 0.29) is 24.0 Å². The molecule has 1 fully saturated rings. The zero-order valence-corrected chi connectivity index (χ0v) is 19.2. The second kappa shape index (κ2) is 10.1. The summed E-state index contributed by atoms with van der Waals surface area (Å²) in [5, 5.41) is 2.79. The van der Waals surface area contributed by atoms with Gasteiger partial charge < -0.3 is 15.8 Å². The van der Waals surface area contributed by atoms with Crippen molar-refractivity contribution in [1.29, 1.82) is 0 Å². The summed E-state index contributed by atoms with van der Waals surface area (Å²) in [5.41, 5.74) is 6.60. The quantitative estimate of drug-likeness (QED) is 0.629. The van der Waals surface area contributed by atoms with Gasteiger partial charge in [0.05, 0.1) is 17.9 Å². The number of nitrogens with one attached hydrogen (secondary N) is 1. The number of hydrogen-bond donors (Lipinski definition) is 2. The molecule has 1 saturated heterocycles. The Balaban J connectivity index is 1.74. The van der Waals surface area contributed by atoms with Crippen LogP contribution in [0.5, 0.6) is 5.75 Å². The van der Waals surface area contributed by atoms with E-state index in [1.54, 1.807) is 43.3 Å². The summed E-state index contributed by atoms with van der Waals surface area (Å²) in [6.45, 7) is 4.36. The number of anilines is 1. The predicted octanol–water partition coefficient (Wildman–Crippen LogP) is 3.06. The minimum absolute atomic E-state index is 0.0592. The number of amides is 2. The number of sulfonamides is 1. The monoisotopic (exact) mass is 459 g/mol. The molecule has 3 rings (SSSR count). The average Bonchev–Trinajstić information content (AvgIpc) is 2.75. The van der Waals surface area contributed by atoms with E-state index in [4.69, 9.17) is 10.5 Å². The van der Waals surface area contributed by atoms with Crippen LogP contribution in [-0.4, -0.2) is 43.7 Å². The molecule has 0 aliphatic carbocycles. The Kier molecular flexibility index (Phi) is 7.52. The van der Waals surface area contributed by atoms with E-state index in [0.717, 1.165) is 19.3 Å². The van der Waals surface area contributed by atoms with E-state index in [1.807, 2.05) is 6.92 Å². The number of aryl methyl sites for hydroxylation is 1. The molecule has 0 aromatic heterocycles. The lowest BCUT2D eigenvalue weighted by Gasteiger charge is -2.32. The van der Waals surface area contributed by atoms with Gasteiger partial charge in [-0.05, 0) is 68.7 Å². The third kappa shape index (κ3) is 5.66. The van der Waals surface area contributed by atoms with Gasteiger partial charge in [-0.25, -0.2) is 8.42 Å². The van der Waals surface area contributed by atoms with Crippen LogP contribution in [-0.2, 0) is 14.8 Å². The highest BCUT2D eigenvalue weighted by atomic mass is 32.2. The molecule has 1 unspecified atom stereocenters. The number of nitrogens with zero attached hydrogens (tertiary/aromatic N) is 1. The topological polar surface area (TPSA) is 119 Å². The number of benzene rings is 2. The van der Waals surface area contributed by atoms with Gasteiger partial charge >= 0.3 is 0 Å². The number of carbonyl (C=O) groups is 2. The number of nitrogens with two attached hydrogens (primary N) is 1. The minimum atomic E-state index is -3.67. The van der Waals surface area contributed by atoms with E-state index in [2.05, 4.69) is 5.32 Å². The fraction of sp³-hybridized carbons (Fsp3) is 0.391. The molecule has 1 heterocycles. The Bertz CT molecular complexity index is 1080. The first-order valence-electron chi connectivity index (χ1n) is 10.6. The molecule has 1 atom stereocenters. The zero-order chi connectivity index (χ0) is 23.3. The normalized spacial score (nSPS) is 17.0. The fourth-order valence-electron chi connectivity index (χ4n) is 3.67. The SMILES string of the molecule is Cc1ccc(S(=O)(=O)N2CCCCC2C)cc1C(=O)Nc1ccc(OCCC(N)=O)cc1.